The highest BCUT2D eigenvalue weighted by atomic mass is 127. The first-order valence-corrected chi connectivity index (χ1v) is 5.66. The minimum Gasteiger partial charge on any atom is -0.370 e. The van der Waals surface area contributed by atoms with Gasteiger partial charge in [0.1, 0.15) is 5.15 Å². The van der Waals surface area contributed by atoms with Crippen LogP contribution in [-0.4, -0.2) is 17.0 Å². The van der Waals surface area contributed by atoms with Crippen LogP contribution >= 0.6 is 35.6 Å². The highest BCUT2D eigenvalue weighted by Gasteiger charge is 1.99. The maximum Gasteiger partial charge on any atom is 0.189 e. The van der Waals surface area contributed by atoms with E-state index in [2.05, 4.69) is 29.1 Å². The second-order valence-electron chi connectivity index (χ2n) is 3.64. The van der Waals surface area contributed by atoms with Gasteiger partial charge in [-0.15, -0.1) is 24.0 Å². The minimum atomic E-state index is 0. The lowest BCUT2D eigenvalue weighted by Gasteiger charge is -2.11. The molecule has 0 amide bonds. The monoisotopic (exact) mass is 368 g/mol. The van der Waals surface area contributed by atoms with Gasteiger partial charge in [0, 0.05) is 12.2 Å². The van der Waals surface area contributed by atoms with Crippen molar-refractivity contribution in [3.05, 3.63) is 29.0 Å². The molecule has 1 aromatic rings. The number of aliphatic imine (C=N–C) groups is 1. The summed E-state index contributed by atoms with van der Waals surface area (Å²) < 4.78 is 0. The molecule has 17 heavy (non-hydrogen) atoms. The van der Waals surface area contributed by atoms with Crippen LogP contribution in [0.3, 0.4) is 0 Å². The Morgan fingerprint density at radius 2 is 2.29 bits per heavy atom. The van der Waals surface area contributed by atoms with Crippen molar-refractivity contribution < 1.29 is 0 Å². The van der Waals surface area contributed by atoms with Crippen LogP contribution in [0.1, 0.15) is 25.8 Å². The summed E-state index contributed by atoms with van der Waals surface area (Å²) in [5.41, 5.74) is 6.70. The molecule has 0 bridgehead atoms. The molecule has 4 nitrogen and oxygen atoms in total. The van der Waals surface area contributed by atoms with Crippen molar-refractivity contribution >= 4 is 41.5 Å². The summed E-state index contributed by atoms with van der Waals surface area (Å²) in [6, 6.07) is 3.96. The van der Waals surface area contributed by atoms with E-state index in [0.717, 1.165) is 12.0 Å². The van der Waals surface area contributed by atoms with Crippen LogP contribution in [0.2, 0.25) is 5.15 Å². The van der Waals surface area contributed by atoms with E-state index in [1.165, 1.54) is 0 Å². The third-order valence-corrected chi connectivity index (χ3v) is 2.45. The van der Waals surface area contributed by atoms with Gasteiger partial charge in [0.2, 0.25) is 0 Å². The number of hydrogen-bond donors (Lipinski definition) is 2. The molecule has 0 saturated carbocycles. The van der Waals surface area contributed by atoms with Gasteiger partial charge in [-0.2, -0.15) is 0 Å². The van der Waals surface area contributed by atoms with E-state index >= 15 is 0 Å². The number of nitrogens with zero attached hydrogens (tertiary/aromatic N) is 2. The molecule has 1 heterocycles. The number of nitrogens with two attached hydrogens (primary N) is 1. The second kappa shape index (κ2) is 8.52. The molecule has 0 aromatic carbocycles. The molecule has 96 valence electrons. The average molecular weight is 369 g/mol. The molecule has 0 aliphatic carbocycles. The summed E-state index contributed by atoms with van der Waals surface area (Å²) >= 11 is 5.68. The Hall–Kier alpha value is -0.560. The van der Waals surface area contributed by atoms with Crippen LogP contribution in [-0.2, 0) is 6.54 Å². The first kappa shape index (κ1) is 16.4. The van der Waals surface area contributed by atoms with Gasteiger partial charge in [-0.1, -0.05) is 24.6 Å². The number of nitrogens with one attached hydrogen (secondary N) is 1. The highest BCUT2D eigenvalue weighted by Crippen LogP contribution is 2.05. The summed E-state index contributed by atoms with van der Waals surface area (Å²) in [5, 5.41) is 3.58. The van der Waals surface area contributed by atoms with Gasteiger partial charge in [0.25, 0.3) is 0 Å². The number of pyridine rings is 1. The van der Waals surface area contributed by atoms with Gasteiger partial charge in [0.15, 0.2) is 5.96 Å². The lowest BCUT2D eigenvalue weighted by atomic mass is 10.3. The molecule has 3 N–H and O–H groups in total. The number of rotatable bonds is 4. The zero-order valence-corrected chi connectivity index (χ0v) is 13.1. The predicted octanol–water partition coefficient (Wildman–Crippen LogP) is 2.56. The quantitative estimate of drug-likeness (QED) is 0.371. The van der Waals surface area contributed by atoms with Crippen LogP contribution in [0.25, 0.3) is 0 Å². The van der Waals surface area contributed by atoms with Gasteiger partial charge < -0.3 is 11.1 Å². The normalized spacial score (nSPS) is 12.8. The van der Waals surface area contributed by atoms with Crippen molar-refractivity contribution in [3.8, 4) is 0 Å². The maximum atomic E-state index is 5.72. The molecular formula is C11H18ClIN4. The van der Waals surface area contributed by atoms with Crippen molar-refractivity contribution in [3.63, 3.8) is 0 Å². The van der Waals surface area contributed by atoms with Crippen molar-refractivity contribution in [2.75, 3.05) is 0 Å². The van der Waals surface area contributed by atoms with Gasteiger partial charge in [-0.25, -0.2) is 9.98 Å². The molecule has 0 radical (unpaired) electrons. The van der Waals surface area contributed by atoms with E-state index in [4.69, 9.17) is 17.3 Å². The zero-order valence-electron chi connectivity index (χ0n) is 9.98. The fourth-order valence-electron chi connectivity index (χ4n) is 1.08. The number of halogens is 2. The SMILES string of the molecule is CCC(C)NC(N)=NCc1ccc(Cl)nc1.I. The fraction of sp³-hybridized carbons (Fsp3) is 0.455. The molecule has 1 unspecified atom stereocenters. The van der Waals surface area contributed by atoms with Crippen LogP contribution in [0.15, 0.2) is 23.3 Å². The Bertz CT molecular complexity index is 353. The molecule has 1 rings (SSSR count). The maximum absolute atomic E-state index is 5.72. The largest absolute Gasteiger partial charge is 0.370 e. The third-order valence-electron chi connectivity index (χ3n) is 2.23. The predicted molar refractivity (Wildman–Crippen MR) is 82.9 cm³/mol. The molecule has 6 heteroatoms. The smallest absolute Gasteiger partial charge is 0.189 e. The molecule has 0 saturated heterocycles. The molecule has 1 aromatic heterocycles. The van der Waals surface area contributed by atoms with E-state index in [0.29, 0.717) is 23.7 Å². The van der Waals surface area contributed by atoms with Crippen molar-refractivity contribution in [1.29, 1.82) is 0 Å². The van der Waals surface area contributed by atoms with Crippen molar-refractivity contribution in [2.45, 2.75) is 32.9 Å². The lowest BCUT2D eigenvalue weighted by Crippen LogP contribution is -2.38. The molecule has 1 atom stereocenters. The topological polar surface area (TPSA) is 63.3 Å². The molecule has 0 aliphatic heterocycles. The fourth-order valence-corrected chi connectivity index (χ4v) is 1.19. The molecule has 0 spiro atoms. The van der Waals surface area contributed by atoms with Crippen molar-refractivity contribution in [1.82, 2.24) is 10.3 Å². The summed E-state index contributed by atoms with van der Waals surface area (Å²) in [6.07, 6.45) is 2.71. The first-order valence-electron chi connectivity index (χ1n) is 5.28. The Kier molecular flexibility index (Phi) is 8.24. The summed E-state index contributed by atoms with van der Waals surface area (Å²) in [5.74, 6) is 0.462. The van der Waals surface area contributed by atoms with E-state index < -0.39 is 0 Å². The molecular weight excluding hydrogens is 351 g/mol. The standard InChI is InChI=1S/C11H17ClN4.HI/c1-3-8(2)16-11(13)15-7-9-4-5-10(12)14-6-9;/h4-6,8H,3,7H2,1-2H3,(H3,13,15,16);1H. The van der Waals surface area contributed by atoms with E-state index in [1.807, 2.05) is 6.07 Å². The minimum absolute atomic E-state index is 0. The Morgan fingerprint density at radius 1 is 1.59 bits per heavy atom. The summed E-state index contributed by atoms with van der Waals surface area (Å²) in [6.45, 7) is 4.67. The van der Waals surface area contributed by atoms with Crippen LogP contribution < -0.4 is 11.1 Å². The summed E-state index contributed by atoms with van der Waals surface area (Å²) in [7, 11) is 0. The average Bonchev–Trinajstić information content (AvgIpc) is 2.28. The van der Waals surface area contributed by atoms with E-state index in [1.54, 1.807) is 12.3 Å². The Labute approximate surface area is 124 Å². The van der Waals surface area contributed by atoms with E-state index in [9.17, 15) is 0 Å². The number of aromatic nitrogens is 1. The Balaban J connectivity index is 0.00000256. The van der Waals surface area contributed by atoms with Gasteiger partial charge in [0.05, 0.1) is 6.54 Å². The Morgan fingerprint density at radius 3 is 2.82 bits per heavy atom. The van der Waals surface area contributed by atoms with Crippen molar-refractivity contribution in [2.24, 2.45) is 10.7 Å². The third kappa shape index (κ3) is 6.68. The van der Waals surface area contributed by atoms with Gasteiger partial charge in [-0.05, 0) is 25.0 Å². The molecule has 0 aliphatic rings. The van der Waals surface area contributed by atoms with Gasteiger partial charge in [-0.3, -0.25) is 0 Å². The van der Waals surface area contributed by atoms with E-state index in [-0.39, 0.29) is 24.0 Å². The number of hydrogen-bond acceptors (Lipinski definition) is 2. The first-order chi connectivity index (χ1) is 7.61. The second-order valence-corrected chi connectivity index (χ2v) is 4.03. The van der Waals surface area contributed by atoms with Gasteiger partial charge >= 0.3 is 0 Å². The van der Waals surface area contributed by atoms with Crippen LogP contribution in [0.4, 0.5) is 0 Å². The number of guanidine groups is 1. The summed E-state index contributed by atoms with van der Waals surface area (Å²) in [4.78, 5) is 8.18. The zero-order chi connectivity index (χ0) is 12.0. The van der Waals surface area contributed by atoms with Crippen LogP contribution in [0.5, 0.6) is 0 Å². The molecule has 0 fully saturated rings. The lowest BCUT2D eigenvalue weighted by molar-refractivity contribution is 0.636. The van der Waals surface area contributed by atoms with Crippen LogP contribution in [0, 0.1) is 0 Å². The highest BCUT2D eigenvalue weighted by molar-refractivity contribution is 14.0.